The second-order valence-corrected chi connectivity index (χ2v) is 3.04. The van der Waals surface area contributed by atoms with Crippen molar-refractivity contribution >= 4 is 11.8 Å². The molecule has 0 aliphatic carbocycles. The van der Waals surface area contributed by atoms with Crippen molar-refractivity contribution < 1.29 is 14.7 Å². The molecule has 0 radical (unpaired) electrons. The van der Waals surface area contributed by atoms with Crippen molar-refractivity contribution in [2.24, 2.45) is 0 Å². The average Bonchev–Trinajstić information content (AvgIpc) is 2.08. The highest BCUT2D eigenvalue weighted by Crippen LogP contribution is 2.02. The minimum Gasteiger partial charge on any atom is -0.395 e. The van der Waals surface area contributed by atoms with Gasteiger partial charge >= 0.3 is 0 Å². The maximum atomic E-state index is 11.3. The predicted molar refractivity (Wildman–Crippen MR) is 45.9 cm³/mol. The van der Waals surface area contributed by atoms with Crippen molar-refractivity contribution in [2.45, 2.75) is 6.92 Å². The minimum absolute atomic E-state index is 0.0220. The van der Waals surface area contributed by atoms with Crippen LogP contribution in [0.25, 0.3) is 0 Å². The molecule has 0 unspecified atom stereocenters. The van der Waals surface area contributed by atoms with Gasteiger partial charge in [-0.3, -0.25) is 9.59 Å². The molecular formula is C8H14N2O3. The van der Waals surface area contributed by atoms with Crippen LogP contribution < -0.4 is 0 Å². The fourth-order valence-corrected chi connectivity index (χ4v) is 1.33. The summed E-state index contributed by atoms with van der Waals surface area (Å²) in [4.78, 5) is 25.3. The van der Waals surface area contributed by atoms with Crippen molar-refractivity contribution in [1.82, 2.24) is 9.80 Å². The van der Waals surface area contributed by atoms with Crippen molar-refractivity contribution in [3.63, 3.8) is 0 Å². The molecule has 1 saturated heterocycles. The van der Waals surface area contributed by atoms with Gasteiger partial charge in [-0.15, -0.1) is 0 Å². The molecule has 0 saturated carbocycles. The Hall–Kier alpha value is -1.10. The second-order valence-electron chi connectivity index (χ2n) is 3.04. The third kappa shape index (κ3) is 2.42. The van der Waals surface area contributed by atoms with Crippen molar-refractivity contribution in [2.75, 3.05) is 32.8 Å². The number of hydrogen-bond donors (Lipinski definition) is 1. The molecule has 0 aromatic heterocycles. The summed E-state index contributed by atoms with van der Waals surface area (Å²) in [7, 11) is 0. The van der Waals surface area contributed by atoms with E-state index in [4.69, 9.17) is 5.11 Å². The Morgan fingerprint density at radius 3 is 2.69 bits per heavy atom. The summed E-state index contributed by atoms with van der Waals surface area (Å²) in [6.45, 7) is 3.04. The van der Waals surface area contributed by atoms with E-state index >= 15 is 0 Å². The molecule has 1 N–H and O–H groups in total. The first-order valence-electron chi connectivity index (χ1n) is 4.29. The van der Waals surface area contributed by atoms with Crippen LogP contribution in [0.5, 0.6) is 0 Å². The lowest BCUT2D eigenvalue weighted by molar-refractivity contribution is -0.144. The van der Waals surface area contributed by atoms with E-state index in [0.717, 1.165) is 0 Å². The number of rotatable bonds is 2. The number of amides is 2. The third-order valence-corrected chi connectivity index (χ3v) is 2.13. The maximum absolute atomic E-state index is 11.3. The molecule has 1 aliphatic rings. The first-order chi connectivity index (χ1) is 6.15. The molecule has 1 fully saturated rings. The summed E-state index contributed by atoms with van der Waals surface area (Å²) in [5.74, 6) is -0.160. The summed E-state index contributed by atoms with van der Waals surface area (Å²) in [6, 6.07) is 0. The Morgan fingerprint density at radius 1 is 1.54 bits per heavy atom. The molecule has 1 heterocycles. The number of β-amino-alcohol motifs (C(OH)–C–C–N with tert-alkyl or cyclic N) is 1. The van der Waals surface area contributed by atoms with Crippen LogP contribution >= 0.6 is 0 Å². The van der Waals surface area contributed by atoms with E-state index in [0.29, 0.717) is 19.6 Å². The summed E-state index contributed by atoms with van der Waals surface area (Å²) in [5, 5.41) is 8.64. The molecule has 74 valence electrons. The lowest BCUT2D eigenvalue weighted by Gasteiger charge is -2.33. The Balaban J connectivity index is 2.46. The number of nitrogens with zero attached hydrogens (tertiary/aromatic N) is 2. The van der Waals surface area contributed by atoms with Crippen molar-refractivity contribution in [3.05, 3.63) is 0 Å². The van der Waals surface area contributed by atoms with Gasteiger partial charge in [-0.25, -0.2) is 0 Å². The normalized spacial score (nSPS) is 17.8. The van der Waals surface area contributed by atoms with Gasteiger partial charge in [0.1, 0.15) is 0 Å². The molecule has 0 aromatic rings. The molecular weight excluding hydrogens is 172 g/mol. The standard InChI is InChI=1S/C8H14N2O3/c1-7(12)10-3-2-9(4-5-11)8(13)6-10/h11H,2-6H2,1H3. The first kappa shape index (κ1) is 9.98. The topological polar surface area (TPSA) is 60.9 Å². The molecule has 2 amide bonds. The van der Waals surface area contributed by atoms with E-state index in [2.05, 4.69) is 0 Å². The summed E-state index contributed by atoms with van der Waals surface area (Å²) >= 11 is 0. The van der Waals surface area contributed by atoms with Crippen LogP contribution in [0.15, 0.2) is 0 Å². The van der Waals surface area contributed by atoms with E-state index in [1.165, 1.54) is 11.8 Å². The van der Waals surface area contributed by atoms with Crippen LogP contribution in [0.3, 0.4) is 0 Å². The number of aliphatic hydroxyl groups excluding tert-OH is 1. The van der Waals surface area contributed by atoms with Gasteiger partial charge in [-0.1, -0.05) is 0 Å². The molecule has 0 aromatic carbocycles. The van der Waals surface area contributed by atoms with E-state index in [1.54, 1.807) is 4.90 Å². The third-order valence-electron chi connectivity index (χ3n) is 2.13. The van der Waals surface area contributed by atoms with Gasteiger partial charge in [0.25, 0.3) is 0 Å². The van der Waals surface area contributed by atoms with Gasteiger partial charge in [-0.05, 0) is 0 Å². The molecule has 1 aliphatic heterocycles. The van der Waals surface area contributed by atoms with Crippen LogP contribution in [-0.2, 0) is 9.59 Å². The van der Waals surface area contributed by atoms with E-state index in [9.17, 15) is 9.59 Å². The molecule has 0 spiro atoms. The van der Waals surface area contributed by atoms with Gasteiger partial charge in [0, 0.05) is 26.6 Å². The lowest BCUT2D eigenvalue weighted by atomic mass is 10.3. The van der Waals surface area contributed by atoms with E-state index < -0.39 is 0 Å². The number of piperazine rings is 1. The fraction of sp³-hybridized carbons (Fsp3) is 0.750. The van der Waals surface area contributed by atoms with Gasteiger partial charge in [0.05, 0.1) is 13.2 Å². The number of carbonyl (C=O) groups excluding carboxylic acids is 2. The van der Waals surface area contributed by atoms with Gasteiger partial charge in [0.15, 0.2) is 0 Å². The van der Waals surface area contributed by atoms with E-state index in [1.807, 2.05) is 0 Å². The Labute approximate surface area is 76.9 Å². The Bertz CT molecular complexity index is 217. The number of aliphatic hydroxyl groups is 1. The fourth-order valence-electron chi connectivity index (χ4n) is 1.33. The molecule has 1 rings (SSSR count). The highest BCUT2D eigenvalue weighted by Gasteiger charge is 2.24. The molecule has 5 nitrogen and oxygen atoms in total. The van der Waals surface area contributed by atoms with Crippen LogP contribution in [0, 0.1) is 0 Å². The van der Waals surface area contributed by atoms with Crippen LogP contribution in [0.2, 0.25) is 0 Å². The zero-order valence-corrected chi connectivity index (χ0v) is 7.69. The van der Waals surface area contributed by atoms with Crippen molar-refractivity contribution in [1.29, 1.82) is 0 Å². The zero-order chi connectivity index (χ0) is 9.84. The minimum atomic E-state index is -0.0875. The SMILES string of the molecule is CC(=O)N1CCN(CCO)C(=O)C1. The van der Waals surface area contributed by atoms with Crippen molar-refractivity contribution in [3.8, 4) is 0 Å². The summed E-state index contributed by atoms with van der Waals surface area (Å²) in [6.07, 6.45) is 0. The lowest BCUT2D eigenvalue weighted by Crippen LogP contribution is -2.52. The molecule has 0 atom stereocenters. The largest absolute Gasteiger partial charge is 0.395 e. The number of hydrogen-bond acceptors (Lipinski definition) is 3. The first-order valence-corrected chi connectivity index (χ1v) is 4.29. The highest BCUT2D eigenvalue weighted by atomic mass is 16.3. The zero-order valence-electron chi connectivity index (χ0n) is 7.69. The smallest absolute Gasteiger partial charge is 0.242 e. The maximum Gasteiger partial charge on any atom is 0.242 e. The highest BCUT2D eigenvalue weighted by molar-refractivity contribution is 5.85. The number of carbonyl (C=O) groups is 2. The van der Waals surface area contributed by atoms with Crippen LogP contribution in [0.4, 0.5) is 0 Å². The molecule has 5 heteroatoms. The van der Waals surface area contributed by atoms with Gasteiger partial charge in [0.2, 0.25) is 11.8 Å². The Morgan fingerprint density at radius 2 is 2.23 bits per heavy atom. The quantitative estimate of drug-likeness (QED) is 0.581. The summed E-state index contributed by atoms with van der Waals surface area (Å²) in [5.41, 5.74) is 0. The summed E-state index contributed by atoms with van der Waals surface area (Å²) < 4.78 is 0. The Kier molecular flexibility index (Phi) is 3.25. The molecule has 0 bridgehead atoms. The predicted octanol–water partition coefficient (Wildman–Crippen LogP) is -1.33. The van der Waals surface area contributed by atoms with E-state index in [-0.39, 0.29) is 25.0 Å². The monoisotopic (exact) mass is 186 g/mol. The average molecular weight is 186 g/mol. The van der Waals surface area contributed by atoms with Crippen LogP contribution in [0.1, 0.15) is 6.92 Å². The molecule has 13 heavy (non-hydrogen) atoms. The van der Waals surface area contributed by atoms with Gasteiger partial charge < -0.3 is 14.9 Å². The second kappa shape index (κ2) is 4.23. The van der Waals surface area contributed by atoms with Crippen LogP contribution in [-0.4, -0.2) is 59.5 Å². The van der Waals surface area contributed by atoms with Gasteiger partial charge in [-0.2, -0.15) is 0 Å².